The van der Waals surface area contributed by atoms with E-state index in [1.54, 1.807) is 4.90 Å². The summed E-state index contributed by atoms with van der Waals surface area (Å²) in [6, 6.07) is 0.275. The lowest BCUT2D eigenvalue weighted by atomic mass is 10.3. The fraction of sp³-hybridized carbons (Fsp3) is 0.615. The molecule has 0 aromatic carbocycles. The maximum atomic E-state index is 12.5. The first-order chi connectivity index (χ1) is 9.11. The molecule has 0 bridgehead atoms. The van der Waals surface area contributed by atoms with Crippen LogP contribution in [0, 0.1) is 18.8 Å². The number of amides is 1. The van der Waals surface area contributed by atoms with Crippen molar-refractivity contribution in [2.45, 2.75) is 32.2 Å². The summed E-state index contributed by atoms with van der Waals surface area (Å²) in [5.41, 5.74) is 0.929. The van der Waals surface area contributed by atoms with Gasteiger partial charge in [0.1, 0.15) is 0 Å². The van der Waals surface area contributed by atoms with Gasteiger partial charge in [0.15, 0.2) is 5.13 Å². The highest BCUT2D eigenvalue weighted by Crippen LogP contribution is 2.44. The zero-order valence-electron chi connectivity index (χ0n) is 11.0. The Bertz CT molecular complexity index is 524. The first-order valence-electron chi connectivity index (χ1n) is 6.45. The normalized spacial score (nSPS) is 24.9. The van der Waals surface area contributed by atoms with Crippen molar-refractivity contribution in [2.75, 3.05) is 12.0 Å². The summed E-state index contributed by atoms with van der Waals surface area (Å²) in [5.74, 6) is -0.700. The van der Waals surface area contributed by atoms with Crippen LogP contribution in [0.15, 0.2) is 5.38 Å². The summed E-state index contributed by atoms with van der Waals surface area (Å²) < 4.78 is 4.70. The van der Waals surface area contributed by atoms with Crippen LogP contribution in [-0.4, -0.2) is 30.0 Å². The van der Waals surface area contributed by atoms with Crippen LogP contribution in [0.3, 0.4) is 0 Å². The van der Waals surface area contributed by atoms with Gasteiger partial charge in [0.25, 0.3) is 0 Å². The number of anilines is 1. The molecule has 0 spiro atoms. The van der Waals surface area contributed by atoms with Gasteiger partial charge in [0.2, 0.25) is 5.91 Å². The average molecular weight is 280 g/mol. The van der Waals surface area contributed by atoms with Crippen molar-refractivity contribution in [1.82, 2.24) is 4.98 Å². The molecule has 2 fully saturated rings. The molecule has 3 rings (SSSR count). The summed E-state index contributed by atoms with van der Waals surface area (Å²) in [4.78, 5) is 30.1. The summed E-state index contributed by atoms with van der Waals surface area (Å²) >= 11 is 1.49. The summed E-state index contributed by atoms with van der Waals surface area (Å²) in [6.45, 7) is 1.92. The molecule has 0 unspecified atom stereocenters. The number of aromatic nitrogens is 1. The molecule has 0 N–H and O–H groups in total. The van der Waals surface area contributed by atoms with Gasteiger partial charge >= 0.3 is 5.97 Å². The predicted octanol–water partition coefficient (Wildman–Crippen LogP) is 1.76. The molecule has 2 aliphatic rings. The molecule has 2 aliphatic carbocycles. The maximum Gasteiger partial charge on any atom is 0.309 e. The van der Waals surface area contributed by atoms with Crippen LogP contribution in [0.5, 0.6) is 0 Å². The molecular formula is C13H16N2O3S. The second-order valence-corrected chi connectivity index (χ2v) is 6.02. The van der Waals surface area contributed by atoms with Gasteiger partial charge < -0.3 is 4.74 Å². The number of aryl methyl sites for hydroxylation is 1. The molecule has 2 saturated carbocycles. The Morgan fingerprint density at radius 1 is 1.42 bits per heavy atom. The number of hydrogen-bond acceptors (Lipinski definition) is 5. The van der Waals surface area contributed by atoms with Crippen LogP contribution in [0.2, 0.25) is 0 Å². The van der Waals surface area contributed by atoms with Crippen molar-refractivity contribution < 1.29 is 14.3 Å². The van der Waals surface area contributed by atoms with Gasteiger partial charge in [-0.25, -0.2) is 4.98 Å². The van der Waals surface area contributed by atoms with Crippen molar-refractivity contribution in [2.24, 2.45) is 11.8 Å². The number of thiazole rings is 1. The zero-order chi connectivity index (χ0) is 13.6. The Labute approximate surface area is 115 Å². The first kappa shape index (κ1) is 12.6. The minimum atomic E-state index is -0.274. The molecule has 0 saturated heterocycles. The standard InChI is InChI=1S/C13H16N2O3S/c1-7-6-19-13(14-7)15(8-3-4-8)11(16)9-5-10(9)12(17)18-2/h6,8-10H,3-5H2,1-2H3/t9-,10-/m0/s1. The molecule has 102 valence electrons. The molecule has 1 aromatic heterocycles. The minimum Gasteiger partial charge on any atom is -0.469 e. The minimum absolute atomic E-state index is 0.0345. The van der Waals surface area contributed by atoms with E-state index in [4.69, 9.17) is 4.74 Å². The molecule has 0 radical (unpaired) electrons. The van der Waals surface area contributed by atoms with E-state index in [0.717, 1.165) is 23.7 Å². The Balaban J connectivity index is 1.75. The zero-order valence-corrected chi connectivity index (χ0v) is 11.8. The fourth-order valence-electron chi connectivity index (χ4n) is 2.27. The van der Waals surface area contributed by atoms with Gasteiger partial charge in [0, 0.05) is 11.4 Å². The van der Waals surface area contributed by atoms with Crippen LogP contribution < -0.4 is 4.90 Å². The Kier molecular flexibility index (Phi) is 3.05. The van der Waals surface area contributed by atoms with Gasteiger partial charge in [0.05, 0.1) is 24.6 Å². The third kappa shape index (κ3) is 2.36. The molecule has 1 amide bonds. The summed E-state index contributed by atoms with van der Waals surface area (Å²) in [7, 11) is 1.37. The number of carbonyl (C=O) groups is 2. The van der Waals surface area contributed by atoms with Gasteiger partial charge in [-0.2, -0.15) is 0 Å². The van der Waals surface area contributed by atoms with E-state index < -0.39 is 0 Å². The number of methoxy groups -OCH3 is 1. The van der Waals surface area contributed by atoms with Crippen molar-refractivity contribution >= 4 is 28.3 Å². The van der Waals surface area contributed by atoms with E-state index in [9.17, 15) is 9.59 Å². The second kappa shape index (κ2) is 4.59. The predicted molar refractivity (Wildman–Crippen MR) is 71.0 cm³/mol. The Morgan fingerprint density at radius 2 is 2.16 bits per heavy atom. The largest absolute Gasteiger partial charge is 0.469 e. The highest BCUT2D eigenvalue weighted by Gasteiger charge is 2.52. The van der Waals surface area contributed by atoms with Crippen molar-refractivity contribution in [3.63, 3.8) is 0 Å². The van der Waals surface area contributed by atoms with Crippen molar-refractivity contribution in [3.05, 3.63) is 11.1 Å². The number of carbonyl (C=O) groups excluding carboxylic acids is 2. The van der Waals surface area contributed by atoms with E-state index in [0.29, 0.717) is 6.42 Å². The number of hydrogen-bond donors (Lipinski definition) is 0. The highest BCUT2D eigenvalue weighted by atomic mass is 32.1. The van der Waals surface area contributed by atoms with Gasteiger partial charge in [-0.15, -0.1) is 11.3 Å². The van der Waals surface area contributed by atoms with Crippen LogP contribution in [-0.2, 0) is 14.3 Å². The molecule has 19 heavy (non-hydrogen) atoms. The SMILES string of the molecule is COC(=O)[C@H]1C[C@@H]1C(=O)N(c1nc(C)cs1)C1CC1. The monoisotopic (exact) mass is 280 g/mol. The van der Waals surface area contributed by atoms with E-state index >= 15 is 0 Å². The van der Waals surface area contributed by atoms with Crippen LogP contribution >= 0.6 is 11.3 Å². The number of ether oxygens (including phenoxy) is 1. The van der Waals surface area contributed by atoms with E-state index in [2.05, 4.69) is 4.98 Å². The lowest BCUT2D eigenvalue weighted by Gasteiger charge is -2.19. The van der Waals surface area contributed by atoms with E-state index in [1.165, 1.54) is 18.4 Å². The van der Waals surface area contributed by atoms with Gasteiger partial charge in [-0.1, -0.05) is 0 Å². The lowest BCUT2D eigenvalue weighted by molar-refractivity contribution is -0.143. The number of esters is 1. The molecule has 2 atom stereocenters. The molecule has 5 nitrogen and oxygen atoms in total. The smallest absolute Gasteiger partial charge is 0.309 e. The molecule has 1 aromatic rings. The second-order valence-electron chi connectivity index (χ2n) is 5.18. The van der Waals surface area contributed by atoms with Crippen molar-refractivity contribution in [1.29, 1.82) is 0 Å². The topological polar surface area (TPSA) is 59.5 Å². The van der Waals surface area contributed by atoms with Crippen LogP contribution in [0.4, 0.5) is 5.13 Å². The Hall–Kier alpha value is -1.43. The van der Waals surface area contributed by atoms with Crippen LogP contribution in [0.1, 0.15) is 25.0 Å². The fourth-order valence-corrected chi connectivity index (χ4v) is 3.15. The van der Waals surface area contributed by atoms with Gasteiger partial charge in [-0.05, 0) is 26.2 Å². The van der Waals surface area contributed by atoms with E-state index in [-0.39, 0.29) is 29.8 Å². The summed E-state index contributed by atoms with van der Waals surface area (Å²) in [6.07, 6.45) is 2.67. The Morgan fingerprint density at radius 3 is 2.68 bits per heavy atom. The van der Waals surface area contributed by atoms with E-state index in [1.807, 2.05) is 12.3 Å². The van der Waals surface area contributed by atoms with Crippen LogP contribution in [0.25, 0.3) is 0 Å². The lowest BCUT2D eigenvalue weighted by Crippen LogP contribution is -2.35. The number of rotatable bonds is 4. The third-order valence-electron chi connectivity index (χ3n) is 3.57. The summed E-state index contributed by atoms with van der Waals surface area (Å²) in [5, 5.41) is 2.71. The molecule has 1 heterocycles. The maximum absolute atomic E-state index is 12.5. The van der Waals surface area contributed by atoms with Crippen molar-refractivity contribution in [3.8, 4) is 0 Å². The number of nitrogens with zero attached hydrogens (tertiary/aromatic N) is 2. The molecular weight excluding hydrogens is 264 g/mol. The molecule has 0 aliphatic heterocycles. The first-order valence-corrected chi connectivity index (χ1v) is 7.33. The third-order valence-corrected chi connectivity index (χ3v) is 4.53. The highest BCUT2D eigenvalue weighted by molar-refractivity contribution is 7.14. The quantitative estimate of drug-likeness (QED) is 0.788. The van der Waals surface area contributed by atoms with Gasteiger partial charge in [-0.3, -0.25) is 14.5 Å². The average Bonchev–Trinajstić information content (AvgIpc) is 3.29. The molecule has 6 heteroatoms.